The number of anilines is 1. The number of carbonyl (C=O) groups is 2. The van der Waals surface area contributed by atoms with E-state index in [1.54, 1.807) is 19.1 Å². The number of aliphatic carboxylic acids is 1. The van der Waals surface area contributed by atoms with Crippen molar-refractivity contribution in [3.63, 3.8) is 0 Å². The molecule has 1 atom stereocenters. The first kappa shape index (κ1) is 17.0. The van der Waals surface area contributed by atoms with E-state index in [0.717, 1.165) is 12.1 Å². The highest BCUT2D eigenvalue weighted by Gasteiger charge is 2.17. The van der Waals surface area contributed by atoms with Gasteiger partial charge in [-0.3, -0.25) is 4.79 Å². The van der Waals surface area contributed by atoms with Crippen LogP contribution in [0, 0.1) is 11.8 Å². The lowest BCUT2D eigenvalue weighted by atomic mass is 10.1. The smallest absolute Gasteiger partial charge is 0.335 e. The van der Waals surface area contributed by atoms with E-state index in [1.807, 2.05) is 11.0 Å². The van der Waals surface area contributed by atoms with Gasteiger partial charge >= 0.3 is 11.9 Å². The second kappa shape index (κ2) is 7.67. The maximum atomic E-state index is 11.1. The highest BCUT2D eigenvalue weighted by Crippen LogP contribution is 2.19. The van der Waals surface area contributed by atoms with Crippen molar-refractivity contribution in [1.29, 1.82) is 0 Å². The normalized spacial score (nSPS) is 12.2. The van der Waals surface area contributed by atoms with Gasteiger partial charge < -0.3 is 15.1 Å². The molecule has 0 aromatic heterocycles. The fourth-order valence-corrected chi connectivity index (χ4v) is 1.98. The van der Waals surface area contributed by atoms with Gasteiger partial charge in [-0.15, -0.1) is 0 Å². The second-order valence-corrected chi connectivity index (χ2v) is 5.72. The molecule has 0 amide bonds. The second-order valence-electron chi connectivity index (χ2n) is 5.72. The molecule has 0 spiro atoms. The fraction of sp³-hybridized carbons (Fsp3) is 0.500. The number of aromatic carboxylic acids is 1. The van der Waals surface area contributed by atoms with Gasteiger partial charge in [-0.1, -0.05) is 26.8 Å². The van der Waals surface area contributed by atoms with Crippen LogP contribution in [0.25, 0.3) is 0 Å². The molecule has 0 fully saturated rings. The summed E-state index contributed by atoms with van der Waals surface area (Å²) in [5.41, 5.74) is 0.966. The van der Waals surface area contributed by atoms with Crippen LogP contribution in [0.2, 0.25) is 0 Å². The Hall–Kier alpha value is -2.04. The first-order valence-electron chi connectivity index (χ1n) is 7.12. The third-order valence-electron chi connectivity index (χ3n) is 3.35. The molecule has 0 bridgehead atoms. The number of carboxylic acids is 2. The predicted molar refractivity (Wildman–Crippen MR) is 81.9 cm³/mol. The van der Waals surface area contributed by atoms with Crippen molar-refractivity contribution < 1.29 is 19.8 Å². The molecule has 5 heteroatoms. The Kier molecular flexibility index (Phi) is 6.21. The fourth-order valence-electron chi connectivity index (χ4n) is 1.98. The molecule has 1 unspecified atom stereocenters. The quantitative estimate of drug-likeness (QED) is 0.770. The minimum absolute atomic E-state index is 0.213. The van der Waals surface area contributed by atoms with Crippen molar-refractivity contribution in [2.24, 2.45) is 11.8 Å². The molecule has 2 N–H and O–H groups in total. The summed E-state index contributed by atoms with van der Waals surface area (Å²) in [4.78, 5) is 24.1. The molecule has 21 heavy (non-hydrogen) atoms. The molecular formula is C16H23NO4. The van der Waals surface area contributed by atoms with Crippen molar-refractivity contribution in [2.45, 2.75) is 27.2 Å². The molecule has 0 radical (unpaired) electrons. The van der Waals surface area contributed by atoms with Gasteiger partial charge in [0.1, 0.15) is 0 Å². The maximum absolute atomic E-state index is 11.1. The van der Waals surface area contributed by atoms with Crippen LogP contribution in [-0.4, -0.2) is 35.2 Å². The van der Waals surface area contributed by atoms with E-state index in [4.69, 9.17) is 10.2 Å². The van der Waals surface area contributed by atoms with Crippen LogP contribution in [0.5, 0.6) is 0 Å². The number of rotatable bonds is 8. The Morgan fingerprint density at radius 2 is 1.86 bits per heavy atom. The molecule has 0 aliphatic carbocycles. The summed E-state index contributed by atoms with van der Waals surface area (Å²) < 4.78 is 0. The lowest BCUT2D eigenvalue weighted by Gasteiger charge is -2.27. The van der Waals surface area contributed by atoms with E-state index < -0.39 is 17.9 Å². The highest BCUT2D eigenvalue weighted by atomic mass is 16.4. The molecule has 0 heterocycles. The molecule has 1 rings (SSSR count). The summed E-state index contributed by atoms with van der Waals surface area (Å²) in [6.45, 7) is 6.94. The van der Waals surface area contributed by atoms with E-state index in [-0.39, 0.29) is 5.56 Å². The SMILES string of the molecule is CC(C)CCN(CC(C)C(=O)O)c1cccc(C(=O)O)c1. The third kappa shape index (κ3) is 5.45. The maximum Gasteiger partial charge on any atom is 0.335 e. The zero-order valence-electron chi connectivity index (χ0n) is 12.7. The van der Waals surface area contributed by atoms with E-state index >= 15 is 0 Å². The Balaban J connectivity index is 2.96. The van der Waals surface area contributed by atoms with Crippen LogP contribution in [0.4, 0.5) is 5.69 Å². The van der Waals surface area contributed by atoms with Crippen LogP contribution in [0.3, 0.4) is 0 Å². The van der Waals surface area contributed by atoms with Gasteiger partial charge in [0.15, 0.2) is 0 Å². The molecular weight excluding hydrogens is 270 g/mol. The molecule has 1 aromatic carbocycles. The summed E-state index contributed by atoms with van der Waals surface area (Å²) in [5.74, 6) is -1.84. The standard InChI is InChI=1S/C16H23NO4/c1-11(2)7-8-17(10-12(3)15(18)19)14-6-4-5-13(9-14)16(20)21/h4-6,9,11-12H,7-8,10H2,1-3H3,(H,18,19)(H,20,21). The summed E-state index contributed by atoms with van der Waals surface area (Å²) in [5, 5.41) is 18.1. The zero-order chi connectivity index (χ0) is 16.0. The van der Waals surface area contributed by atoms with Crippen LogP contribution >= 0.6 is 0 Å². The summed E-state index contributed by atoms with van der Waals surface area (Å²) >= 11 is 0. The average Bonchev–Trinajstić information content (AvgIpc) is 2.42. The summed E-state index contributed by atoms with van der Waals surface area (Å²) in [6, 6.07) is 6.64. The predicted octanol–water partition coefficient (Wildman–Crippen LogP) is 2.96. The Labute approximate surface area is 125 Å². The average molecular weight is 293 g/mol. The number of carboxylic acid groups (broad SMARTS) is 2. The van der Waals surface area contributed by atoms with Gasteiger partial charge in [0.25, 0.3) is 0 Å². The van der Waals surface area contributed by atoms with Crippen LogP contribution < -0.4 is 4.90 Å². The van der Waals surface area contributed by atoms with Crippen LogP contribution in [0.15, 0.2) is 24.3 Å². The molecule has 5 nitrogen and oxygen atoms in total. The van der Waals surface area contributed by atoms with Gasteiger partial charge in [-0.25, -0.2) is 4.79 Å². The largest absolute Gasteiger partial charge is 0.481 e. The highest BCUT2D eigenvalue weighted by molar-refractivity contribution is 5.88. The van der Waals surface area contributed by atoms with E-state index in [2.05, 4.69) is 13.8 Å². The lowest BCUT2D eigenvalue weighted by molar-refractivity contribution is -0.140. The first-order chi connectivity index (χ1) is 9.81. The first-order valence-corrected chi connectivity index (χ1v) is 7.12. The van der Waals surface area contributed by atoms with Gasteiger partial charge in [0.2, 0.25) is 0 Å². The van der Waals surface area contributed by atoms with Gasteiger partial charge in [-0.05, 0) is 30.5 Å². The van der Waals surface area contributed by atoms with Crippen LogP contribution in [-0.2, 0) is 4.79 Å². The minimum Gasteiger partial charge on any atom is -0.481 e. The molecule has 116 valence electrons. The van der Waals surface area contributed by atoms with Crippen molar-refractivity contribution in [2.75, 3.05) is 18.0 Å². The van der Waals surface area contributed by atoms with E-state index in [1.165, 1.54) is 6.07 Å². The monoisotopic (exact) mass is 293 g/mol. The summed E-state index contributed by atoms with van der Waals surface area (Å²) in [6.07, 6.45) is 0.920. The zero-order valence-corrected chi connectivity index (χ0v) is 12.7. The van der Waals surface area contributed by atoms with E-state index in [9.17, 15) is 9.59 Å². The minimum atomic E-state index is -0.980. The third-order valence-corrected chi connectivity index (χ3v) is 3.35. The lowest BCUT2D eigenvalue weighted by Crippen LogP contribution is -2.33. The Morgan fingerprint density at radius 1 is 1.19 bits per heavy atom. The molecule has 0 saturated carbocycles. The molecule has 0 saturated heterocycles. The molecule has 0 aliphatic rings. The number of benzene rings is 1. The van der Waals surface area contributed by atoms with Gasteiger partial charge in [-0.2, -0.15) is 0 Å². The number of hydrogen-bond acceptors (Lipinski definition) is 3. The topological polar surface area (TPSA) is 77.8 Å². The van der Waals surface area contributed by atoms with Crippen molar-refractivity contribution in [3.8, 4) is 0 Å². The van der Waals surface area contributed by atoms with Gasteiger partial charge in [0, 0.05) is 18.8 Å². The molecule has 0 aliphatic heterocycles. The van der Waals surface area contributed by atoms with E-state index in [0.29, 0.717) is 19.0 Å². The van der Waals surface area contributed by atoms with Crippen molar-refractivity contribution >= 4 is 17.6 Å². The Morgan fingerprint density at radius 3 is 2.38 bits per heavy atom. The number of nitrogens with zero attached hydrogens (tertiary/aromatic N) is 1. The van der Waals surface area contributed by atoms with Crippen molar-refractivity contribution in [3.05, 3.63) is 29.8 Å². The summed E-state index contributed by atoms with van der Waals surface area (Å²) in [7, 11) is 0. The number of hydrogen-bond donors (Lipinski definition) is 2. The van der Waals surface area contributed by atoms with Gasteiger partial charge in [0.05, 0.1) is 11.5 Å². The van der Waals surface area contributed by atoms with Crippen LogP contribution in [0.1, 0.15) is 37.6 Å². The Bertz CT molecular complexity index is 499. The van der Waals surface area contributed by atoms with Crippen molar-refractivity contribution in [1.82, 2.24) is 0 Å². The molecule has 1 aromatic rings.